The molecule has 0 rings (SSSR count). The van der Waals surface area contributed by atoms with E-state index in [-0.39, 0.29) is 69.9 Å². The molecule has 0 spiro atoms. The Bertz CT molecular complexity index is 11.6. The van der Waals surface area contributed by atoms with Crippen LogP contribution in [0, 0.1) is 0 Å². The summed E-state index contributed by atoms with van der Waals surface area (Å²) < 4.78 is 0. The second kappa shape index (κ2) is 17.7. The molecule has 0 radical (unpaired) electrons. The molecule has 1 nitrogen and oxygen atoms in total. The van der Waals surface area contributed by atoms with Crippen LogP contribution in [-0.2, 0) is 17.1 Å². The second-order valence-electron chi connectivity index (χ2n) is 0. The predicted molar refractivity (Wildman–Crippen MR) is 13.0 cm³/mol. The molecule has 0 amide bonds. The van der Waals surface area contributed by atoms with Gasteiger partial charge in [0, 0.05) is 17.1 Å². The van der Waals surface area contributed by atoms with Crippen molar-refractivity contribution >= 4 is 9.47 Å². The minimum atomic E-state index is 0. The Morgan fingerprint density at radius 2 is 1.50 bits per heavy atom. The van der Waals surface area contributed by atoms with Crippen LogP contribution in [0.5, 0.6) is 0 Å². The summed E-state index contributed by atoms with van der Waals surface area (Å²) in [5.41, 5.74) is 0. The molecule has 1 atom stereocenters. The SMILES string of the molecule is OP.[Fe].[H-].[K+]. The van der Waals surface area contributed by atoms with E-state index in [2.05, 4.69) is 0 Å². The van der Waals surface area contributed by atoms with Gasteiger partial charge < -0.3 is 6.32 Å². The van der Waals surface area contributed by atoms with Crippen LogP contribution in [0.1, 0.15) is 1.43 Å². The van der Waals surface area contributed by atoms with Crippen LogP contribution in [0.25, 0.3) is 0 Å². The summed E-state index contributed by atoms with van der Waals surface area (Å²) in [6.45, 7) is 0. The van der Waals surface area contributed by atoms with E-state index in [9.17, 15) is 0 Å². The first kappa shape index (κ1) is 16.0. The zero-order valence-electron chi connectivity index (χ0n) is 3.38. The van der Waals surface area contributed by atoms with E-state index in [1.165, 1.54) is 9.47 Å². The van der Waals surface area contributed by atoms with Gasteiger partial charge in [-0.3, -0.25) is 0 Å². The zero-order chi connectivity index (χ0) is 2.00. The van der Waals surface area contributed by atoms with Crippen molar-refractivity contribution in [1.82, 2.24) is 0 Å². The molecule has 0 fully saturated rings. The molecule has 1 N–H and O–H groups in total. The molecule has 0 aromatic heterocycles. The van der Waals surface area contributed by atoms with Gasteiger partial charge in [-0.2, -0.15) is 0 Å². The second-order valence-corrected chi connectivity index (χ2v) is 0. The number of hydrogen-bond donors (Lipinski definition) is 1. The molecule has 0 aliphatic heterocycles. The smallest absolute Gasteiger partial charge is 1.00 e. The molecule has 0 bridgehead atoms. The van der Waals surface area contributed by atoms with E-state index < -0.39 is 0 Å². The molecule has 0 aromatic rings. The van der Waals surface area contributed by atoms with Crippen LogP contribution in [0.3, 0.4) is 0 Å². The standard InChI is InChI=1S/Fe.K.H3OP.H/c;;1-2;/h;;1H,2H2;/q;+1;;-1. The summed E-state index contributed by atoms with van der Waals surface area (Å²) in [4.78, 5) is 6.92. The first-order valence-electron chi connectivity index (χ1n) is 0.258. The molecule has 0 saturated heterocycles. The van der Waals surface area contributed by atoms with Crippen molar-refractivity contribution in [3.63, 3.8) is 0 Å². The van der Waals surface area contributed by atoms with E-state index in [4.69, 9.17) is 4.89 Å². The predicted octanol–water partition coefficient (Wildman–Crippen LogP) is -3.12. The van der Waals surface area contributed by atoms with E-state index in [0.717, 1.165) is 0 Å². The fraction of sp³-hybridized carbons (Fsp3) is 0. The van der Waals surface area contributed by atoms with Gasteiger partial charge in [-0.1, -0.05) is 0 Å². The van der Waals surface area contributed by atoms with Gasteiger partial charge in [-0.25, -0.2) is 0 Å². The largest absolute Gasteiger partial charge is 1.00 e. The summed E-state index contributed by atoms with van der Waals surface area (Å²) in [6, 6.07) is 0. The van der Waals surface area contributed by atoms with Crippen molar-refractivity contribution in [2.75, 3.05) is 0 Å². The first-order valence-corrected chi connectivity index (χ1v) is 0.775. The van der Waals surface area contributed by atoms with Crippen LogP contribution in [0.15, 0.2) is 0 Å². The summed E-state index contributed by atoms with van der Waals surface area (Å²) in [5, 5.41) is 0. The maximum Gasteiger partial charge on any atom is 1.00 e. The average molecular weight is 146 g/mol. The molecule has 24 valence electrons. The molecule has 4 heavy (non-hydrogen) atoms. The fourth-order valence-corrected chi connectivity index (χ4v) is 0. The third-order valence-corrected chi connectivity index (χ3v) is 0. The topological polar surface area (TPSA) is 20.2 Å². The van der Waals surface area contributed by atoms with Crippen molar-refractivity contribution in [3.8, 4) is 0 Å². The third-order valence-electron chi connectivity index (χ3n) is 0. The first-order chi connectivity index (χ1) is 1.00. The molecule has 4 heteroatoms. The molecular weight excluding hydrogens is 142 g/mol. The molecule has 0 aliphatic carbocycles. The Morgan fingerprint density at radius 1 is 1.50 bits per heavy atom. The summed E-state index contributed by atoms with van der Waals surface area (Å²) in [7, 11) is 1.42. The van der Waals surface area contributed by atoms with Crippen molar-refractivity contribution in [3.05, 3.63) is 0 Å². The van der Waals surface area contributed by atoms with Gasteiger partial charge in [0.15, 0.2) is 0 Å². The summed E-state index contributed by atoms with van der Waals surface area (Å²) >= 11 is 0. The van der Waals surface area contributed by atoms with Crippen LogP contribution in [0.4, 0.5) is 0 Å². The molecule has 0 aromatic carbocycles. The Labute approximate surface area is 82.6 Å². The number of rotatable bonds is 0. The maximum atomic E-state index is 6.92. The Kier molecular flexibility index (Phi) is 70.8. The van der Waals surface area contributed by atoms with Gasteiger partial charge in [-0.05, 0) is 9.47 Å². The monoisotopic (exact) mass is 146 g/mol. The molecule has 0 aliphatic rings. The van der Waals surface area contributed by atoms with Crippen molar-refractivity contribution < 1.29 is 74.8 Å². The van der Waals surface area contributed by atoms with Crippen LogP contribution in [0.2, 0.25) is 0 Å². The Balaban J connectivity index is -0.00000000167. The maximum absolute atomic E-state index is 6.92. The van der Waals surface area contributed by atoms with E-state index >= 15 is 0 Å². The summed E-state index contributed by atoms with van der Waals surface area (Å²) in [5.74, 6) is 0. The van der Waals surface area contributed by atoms with Gasteiger partial charge in [0.1, 0.15) is 0 Å². The third kappa shape index (κ3) is 8.82. The molecule has 1 unspecified atom stereocenters. The van der Waals surface area contributed by atoms with Crippen molar-refractivity contribution in [2.24, 2.45) is 0 Å². The van der Waals surface area contributed by atoms with Crippen LogP contribution in [-0.4, -0.2) is 4.89 Å². The fourth-order valence-electron chi connectivity index (χ4n) is 0. The van der Waals surface area contributed by atoms with E-state index in [1.807, 2.05) is 0 Å². The van der Waals surface area contributed by atoms with E-state index in [0.29, 0.717) is 0 Å². The normalized spacial score (nSPS) is 1.50. The van der Waals surface area contributed by atoms with Gasteiger partial charge in [0.2, 0.25) is 0 Å². The van der Waals surface area contributed by atoms with Gasteiger partial charge in [0.25, 0.3) is 0 Å². The Morgan fingerprint density at radius 3 is 1.50 bits per heavy atom. The summed E-state index contributed by atoms with van der Waals surface area (Å²) in [6.07, 6.45) is 0. The molecule has 0 saturated carbocycles. The molecular formula is H4FeKOP. The van der Waals surface area contributed by atoms with Crippen molar-refractivity contribution in [1.29, 1.82) is 0 Å². The van der Waals surface area contributed by atoms with E-state index in [1.54, 1.807) is 0 Å². The molecule has 0 heterocycles. The minimum absolute atomic E-state index is 0. The minimum Gasteiger partial charge on any atom is -1.00 e. The Hall–Kier alpha value is 2.55. The van der Waals surface area contributed by atoms with Gasteiger partial charge in [-0.15, -0.1) is 0 Å². The quantitative estimate of drug-likeness (QED) is 0.283. The van der Waals surface area contributed by atoms with Gasteiger partial charge in [0.05, 0.1) is 0 Å². The average Bonchev–Trinajstić information content (AvgIpc) is 1.00. The number of hydrogen-bond acceptors (Lipinski definition) is 1. The van der Waals surface area contributed by atoms with Crippen LogP contribution < -0.4 is 51.4 Å². The zero-order valence-corrected chi connectivity index (χ0v) is 7.76. The van der Waals surface area contributed by atoms with Crippen LogP contribution >= 0.6 is 9.47 Å². The van der Waals surface area contributed by atoms with Gasteiger partial charge >= 0.3 is 51.4 Å². The van der Waals surface area contributed by atoms with Crippen molar-refractivity contribution in [2.45, 2.75) is 0 Å².